The minimum absolute atomic E-state index is 0.240. The van der Waals surface area contributed by atoms with Gasteiger partial charge in [-0.25, -0.2) is 0 Å². The number of hydrogen-bond acceptors (Lipinski definition) is 3. The van der Waals surface area contributed by atoms with Crippen molar-refractivity contribution in [3.05, 3.63) is 39.0 Å². The zero-order chi connectivity index (χ0) is 14.2. The number of hydrogen-bond donors (Lipinski definition) is 2. The summed E-state index contributed by atoms with van der Waals surface area (Å²) in [4.78, 5) is 12.0. The number of rotatable bonds is 2. The molecule has 0 atom stereocenters. The van der Waals surface area contributed by atoms with Crippen molar-refractivity contribution in [1.29, 1.82) is 0 Å². The van der Waals surface area contributed by atoms with Gasteiger partial charge in [0.1, 0.15) is 11.4 Å². The van der Waals surface area contributed by atoms with Crippen molar-refractivity contribution in [3.8, 4) is 0 Å². The number of amides is 1. The number of benzene rings is 1. The largest absolute Gasteiger partial charge is 0.383 e. The first kappa shape index (κ1) is 14.0. The number of nitrogens with one attached hydrogen (secondary N) is 1. The molecule has 19 heavy (non-hydrogen) atoms. The van der Waals surface area contributed by atoms with Crippen molar-refractivity contribution in [1.82, 2.24) is 9.78 Å². The molecule has 0 aliphatic heterocycles. The van der Waals surface area contributed by atoms with Gasteiger partial charge < -0.3 is 11.1 Å². The Bertz CT molecular complexity index is 630. The summed E-state index contributed by atoms with van der Waals surface area (Å²) in [6.45, 7) is 0. The van der Waals surface area contributed by atoms with E-state index in [0.29, 0.717) is 5.02 Å². The topological polar surface area (TPSA) is 72.9 Å². The highest BCUT2D eigenvalue weighted by Crippen LogP contribution is 2.34. The summed E-state index contributed by atoms with van der Waals surface area (Å²) in [5.41, 5.74) is 6.23. The molecule has 0 bridgehead atoms. The van der Waals surface area contributed by atoms with E-state index in [-0.39, 0.29) is 27.1 Å². The number of anilines is 2. The molecule has 1 heterocycles. The van der Waals surface area contributed by atoms with E-state index in [1.807, 2.05) is 0 Å². The maximum absolute atomic E-state index is 12.0. The van der Waals surface area contributed by atoms with Gasteiger partial charge in [0.15, 0.2) is 0 Å². The number of aromatic nitrogens is 2. The Hall–Kier alpha value is -1.43. The summed E-state index contributed by atoms with van der Waals surface area (Å²) in [6.07, 6.45) is 1.36. The van der Waals surface area contributed by atoms with Crippen LogP contribution in [-0.2, 0) is 7.05 Å². The van der Waals surface area contributed by atoms with Gasteiger partial charge in [0.05, 0.1) is 21.9 Å². The lowest BCUT2D eigenvalue weighted by molar-refractivity contribution is 0.102. The number of halogens is 3. The van der Waals surface area contributed by atoms with Crippen LogP contribution in [0.25, 0.3) is 0 Å². The summed E-state index contributed by atoms with van der Waals surface area (Å²) in [5, 5.41) is 7.33. The highest BCUT2D eigenvalue weighted by molar-refractivity contribution is 6.42. The van der Waals surface area contributed by atoms with Crippen LogP contribution in [0, 0.1) is 0 Å². The molecule has 100 valence electrons. The highest BCUT2D eigenvalue weighted by Gasteiger charge is 2.17. The van der Waals surface area contributed by atoms with E-state index in [1.165, 1.54) is 23.0 Å². The summed E-state index contributed by atoms with van der Waals surface area (Å²) in [7, 11) is 1.63. The van der Waals surface area contributed by atoms with Crippen molar-refractivity contribution >= 4 is 52.2 Å². The molecule has 1 aromatic heterocycles. The van der Waals surface area contributed by atoms with E-state index in [1.54, 1.807) is 7.05 Å². The van der Waals surface area contributed by atoms with Crippen LogP contribution in [0.4, 0.5) is 11.5 Å². The molecule has 0 saturated carbocycles. The Morgan fingerprint density at radius 2 is 1.89 bits per heavy atom. The van der Waals surface area contributed by atoms with E-state index >= 15 is 0 Å². The van der Waals surface area contributed by atoms with Crippen LogP contribution < -0.4 is 11.1 Å². The highest BCUT2D eigenvalue weighted by atomic mass is 35.5. The maximum Gasteiger partial charge on any atom is 0.261 e. The van der Waals surface area contributed by atoms with Crippen LogP contribution in [0.3, 0.4) is 0 Å². The molecule has 0 spiro atoms. The number of nitrogens with two attached hydrogens (primary N) is 1. The van der Waals surface area contributed by atoms with Gasteiger partial charge in [-0.05, 0) is 12.1 Å². The quantitative estimate of drug-likeness (QED) is 0.892. The van der Waals surface area contributed by atoms with Gasteiger partial charge in [-0.2, -0.15) is 5.10 Å². The third kappa shape index (κ3) is 2.78. The zero-order valence-corrected chi connectivity index (χ0v) is 12.0. The summed E-state index contributed by atoms with van der Waals surface area (Å²) < 4.78 is 1.39. The van der Waals surface area contributed by atoms with Gasteiger partial charge in [-0.1, -0.05) is 34.8 Å². The van der Waals surface area contributed by atoms with Gasteiger partial charge >= 0.3 is 0 Å². The minimum atomic E-state index is -0.447. The van der Waals surface area contributed by atoms with Crippen LogP contribution in [0.1, 0.15) is 10.4 Å². The summed E-state index contributed by atoms with van der Waals surface area (Å²) in [5.74, 6) is -0.199. The van der Waals surface area contributed by atoms with Gasteiger partial charge in [0, 0.05) is 12.1 Å². The molecule has 2 aromatic rings. The van der Waals surface area contributed by atoms with Crippen LogP contribution in [-0.4, -0.2) is 15.7 Å². The van der Waals surface area contributed by atoms with Gasteiger partial charge in [-0.3, -0.25) is 9.48 Å². The van der Waals surface area contributed by atoms with Gasteiger partial charge in [-0.15, -0.1) is 0 Å². The fraction of sp³-hybridized carbons (Fsp3) is 0.0909. The van der Waals surface area contributed by atoms with Crippen LogP contribution >= 0.6 is 34.8 Å². The first-order valence-electron chi connectivity index (χ1n) is 5.13. The van der Waals surface area contributed by atoms with Crippen LogP contribution in [0.15, 0.2) is 18.3 Å². The Morgan fingerprint density at radius 1 is 1.32 bits per heavy atom. The number of nitrogen functional groups attached to an aromatic ring is 1. The monoisotopic (exact) mass is 318 g/mol. The van der Waals surface area contributed by atoms with E-state index in [9.17, 15) is 4.79 Å². The molecular formula is C11H9Cl3N4O. The maximum atomic E-state index is 12.0. The van der Waals surface area contributed by atoms with Crippen molar-refractivity contribution in [2.75, 3.05) is 11.1 Å². The minimum Gasteiger partial charge on any atom is -0.383 e. The molecule has 0 fully saturated rings. The average Bonchev–Trinajstić information content (AvgIpc) is 2.64. The second-order valence-electron chi connectivity index (χ2n) is 3.77. The SMILES string of the molecule is Cn1ncc(C(=O)Nc2c(Cl)cc(Cl)cc2Cl)c1N. The lowest BCUT2D eigenvalue weighted by Crippen LogP contribution is -2.14. The van der Waals surface area contributed by atoms with E-state index in [4.69, 9.17) is 40.5 Å². The molecular weight excluding hydrogens is 311 g/mol. The lowest BCUT2D eigenvalue weighted by atomic mass is 10.2. The molecule has 0 unspecified atom stereocenters. The molecule has 0 radical (unpaired) electrons. The van der Waals surface area contributed by atoms with Crippen molar-refractivity contribution < 1.29 is 4.79 Å². The molecule has 0 aliphatic carbocycles. The number of nitrogens with zero attached hydrogens (tertiary/aromatic N) is 2. The van der Waals surface area contributed by atoms with Gasteiger partial charge in [0.2, 0.25) is 0 Å². The smallest absolute Gasteiger partial charge is 0.261 e. The number of aryl methyl sites for hydroxylation is 1. The average molecular weight is 320 g/mol. The van der Waals surface area contributed by atoms with Crippen LogP contribution in [0.2, 0.25) is 15.1 Å². The van der Waals surface area contributed by atoms with E-state index in [2.05, 4.69) is 10.4 Å². The van der Waals surface area contributed by atoms with Crippen molar-refractivity contribution in [2.24, 2.45) is 7.05 Å². The summed E-state index contributed by atoms with van der Waals surface area (Å²) in [6, 6.07) is 2.97. The Labute approximate surface area is 124 Å². The molecule has 1 aromatic carbocycles. The van der Waals surface area contributed by atoms with Crippen LogP contribution in [0.5, 0.6) is 0 Å². The van der Waals surface area contributed by atoms with Gasteiger partial charge in [0.25, 0.3) is 5.91 Å². The molecule has 0 aliphatic rings. The number of carbonyl (C=O) groups is 1. The normalized spacial score (nSPS) is 10.5. The predicted octanol–water partition coefficient (Wildman–Crippen LogP) is 3.21. The second-order valence-corrected chi connectivity index (χ2v) is 5.02. The molecule has 0 saturated heterocycles. The van der Waals surface area contributed by atoms with Crippen molar-refractivity contribution in [2.45, 2.75) is 0 Å². The van der Waals surface area contributed by atoms with E-state index < -0.39 is 5.91 Å². The molecule has 5 nitrogen and oxygen atoms in total. The molecule has 8 heteroatoms. The first-order valence-corrected chi connectivity index (χ1v) is 6.27. The predicted molar refractivity (Wildman–Crippen MR) is 77.0 cm³/mol. The molecule has 1 amide bonds. The lowest BCUT2D eigenvalue weighted by Gasteiger charge is -2.09. The third-order valence-corrected chi connectivity index (χ3v) is 3.29. The standard InChI is InChI=1S/C11H9Cl3N4O/c1-18-10(15)6(4-16-18)11(19)17-9-7(13)2-5(12)3-8(9)14/h2-4H,15H2,1H3,(H,17,19). The fourth-order valence-electron chi connectivity index (χ4n) is 1.46. The molecule has 2 rings (SSSR count). The Kier molecular flexibility index (Phi) is 3.89. The second kappa shape index (κ2) is 5.28. The first-order chi connectivity index (χ1) is 8.90. The Morgan fingerprint density at radius 3 is 2.37 bits per heavy atom. The summed E-state index contributed by atoms with van der Waals surface area (Å²) >= 11 is 17.7. The van der Waals surface area contributed by atoms with E-state index in [0.717, 1.165) is 0 Å². The third-order valence-electron chi connectivity index (χ3n) is 2.47. The van der Waals surface area contributed by atoms with Crippen molar-refractivity contribution in [3.63, 3.8) is 0 Å². The fourth-order valence-corrected chi connectivity index (χ4v) is 2.38. The zero-order valence-electron chi connectivity index (χ0n) is 9.75. The molecule has 3 N–H and O–H groups in total. The Balaban J connectivity index is 2.32. The number of carbonyl (C=O) groups excluding carboxylic acids is 1.